The smallest absolute Gasteiger partial charge is 0.269 e. The van der Waals surface area contributed by atoms with E-state index in [0.29, 0.717) is 32.0 Å². The van der Waals surface area contributed by atoms with Crippen molar-refractivity contribution in [2.45, 2.75) is 6.42 Å². The first-order chi connectivity index (χ1) is 13.5. The van der Waals surface area contributed by atoms with Crippen molar-refractivity contribution in [1.82, 2.24) is 20.0 Å². The van der Waals surface area contributed by atoms with Crippen molar-refractivity contribution in [1.29, 1.82) is 0 Å². The molecule has 0 atom stereocenters. The third-order valence-electron chi connectivity index (χ3n) is 4.58. The number of nitrogens with zero attached hydrogens (tertiary/aromatic N) is 6. The molecule has 1 N–H and O–H groups in total. The Bertz CT molecular complexity index is 876. The highest BCUT2D eigenvalue weighted by molar-refractivity contribution is 5.98. The molecular formula is C18H23N7O3. The van der Waals surface area contributed by atoms with Gasteiger partial charge in [-0.25, -0.2) is 0 Å². The first-order valence-electron chi connectivity index (χ1n) is 8.96. The molecule has 1 aliphatic rings. The number of nitrogens with one attached hydrogen (secondary N) is 1. The number of benzene rings is 1. The van der Waals surface area contributed by atoms with E-state index in [1.54, 1.807) is 35.0 Å². The molecule has 0 saturated carbocycles. The van der Waals surface area contributed by atoms with Crippen molar-refractivity contribution in [2.24, 2.45) is 12.0 Å². The summed E-state index contributed by atoms with van der Waals surface area (Å²) in [5, 5.41) is 18.1. The number of aryl methyl sites for hydroxylation is 1. The minimum atomic E-state index is -0.411. The molecule has 0 radical (unpaired) electrons. The number of anilines is 1. The largest absolute Gasteiger partial charge is 0.356 e. The predicted octanol–water partition coefficient (Wildman–Crippen LogP) is 0.795. The Balaban J connectivity index is 1.51. The van der Waals surface area contributed by atoms with Gasteiger partial charge in [0.25, 0.3) is 5.69 Å². The van der Waals surface area contributed by atoms with Gasteiger partial charge < -0.3 is 15.1 Å². The number of aliphatic imine (C=N–C) groups is 1. The number of hydrogen-bond donors (Lipinski definition) is 1. The maximum absolute atomic E-state index is 12.5. The van der Waals surface area contributed by atoms with Gasteiger partial charge in [-0.15, -0.1) is 0 Å². The van der Waals surface area contributed by atoms with Gasteiger partial charge in [0.05, 0.1) is 16.8 Å². The summed E-state index contributed by atoms with van der Waals surface area (Å²) in [5.74, 6) is 0.665. The van der Waals surface area contributed by atoms with Gasteiger partial charge >= 0.3 is 0 Å². The molecule has 1 saturated heterocycles. The van der Waals surface area contributed by atoms with Crippen molar-refractivity contribution >= 4 is 23.2 Å². The fourth-order valence-corrected chi connectivity index (χ4v) is 3.11. The maximum Gasteiger partial charge on any atom is 0.269 e. The number of amides is 1. The molecule has 1 amide bonds. The van der Waals surface area contributed by atoms with Gasteiger partial charge in [0, 0.05) is 52.1 Å². The number of non-ortho nitro benzene ring substituents is 1. The van der Waals surface area contributed by atoms with Crippen LogP contribution in [0.2, 0.25) is 0 Å². The zero-order chi connectivity index (χ0) is 20.1. The first kappa shape index (κ1) is 19.3. The maximum atomic E-state index is 12.5. The number of carbonyl (C=O) groups is 1. The predicted molar refractivity (Wildman–Crippen MR) is 105 cm³/mol. The van der Waals surface area contributed by atoms with Crippen molar-refractivity contribution in [3.8, 4) is 0 Å². The molecule has 148 valence electrons. The molecule has 1 aliphatic heterocycles. The summed E-state index contributed by atoms with van der Waals surface area (Å²) in [4.78, 5) is 30.7. The van der Waals surface area contributed by atoms with E-state index in [-0.39, 0.29) is 18.1 Å². The molecule has 28 heavy (non-hydrogen) atoms. The van der Waals surface area contributed by atoms with Crippen LogP contribution in [0, 0.1) is 10.1 Å². The van der Waals surface area contributed by atoms with Crippen LogP contribution in [0.15, 0.2) is 41.7 Å². The van der Waals surface area contributed by atoms with Gasteiger partial charge in [-0.3, -0.25) is 24.6 Å². The Hall–Kier alpha value is -3.43. The molecule has 0 spiro atoms. The van der Waals surface area contributed by atoms with Crippen molar-refractivity contribution < 1.29 is 9.72 Å². The van der Waals surface area contributed by atoms with E-state index in [1.807, 2.05) is 18.1 Å². The zero-order valence-corrected chi connectivity index (χ0v) is 15.9. The third kappa shape index (κ3) is 4.45. The summed E-state index contributed by atoms with van der Waals surface area (Å²) < 4.78 is 1.67. The monoisotopic (exact) mass is 385 g/mol. The number of guanidine groups is 1. The van der Waals surface area contributed by atoms with Crippen LogP contribution in [-0.4, -0.2) is 64.7 Å². The van der Waals surface area contributed by atoms with Crippen LogP contribution in [0.5, 0.6) is 0 Å². The van der Waals surface area contributed by atoms with E-state index >= 15 is 0 Å². The van der Waals surface area contributed by atoms with Crippen LogP contribution in [0.25, 0.3) is 0 Å². The van der Waals surface area contributed by atoms with Gasteiger partial charge in [0.2, 0.25) is 5.91 Å². The second kappa shape index (κ2) is 8.51. The number of piperazine rings is 1. The van der Waals surface area contributed by atoms with E-state index < -0.39 is 4.92 Å². The number of aromatic nitrogens is 2. The molecule has 0 bridgehead atoms. The van der Waals surface area contributed by atoms with Gasteiger partial charge in [0.1, 0.15) is 6.54 Å². The molecule has 0 unspecified atom stereocenters. The minimum Gasteiger partial charge on any atom is -0.356 e. The number of rotatable bonds is 5. The van der Waals surface area contributed by atoms with Crippen LogP contribution in [0.4, 0.5) is 11.4 Å². The van der Waals surface area contributed by atoms with Gasteiger partial charge in [-0.05, 0) is 12.0 Å². The molecule has 10 nitrogen and oxygen atoms in total. The van der Waals surface area contributed by atoms with Gasteiger partial charge in [-0.2, -0.15) is 5.10 Å². The number of nitro groups is 1. The Kier molecular flexibility index (Phi) is 5.87. The molecule has 2 heterocycles. The lowest BCUT2D eigenvalue weighted by atomic mass is 10.1. The lowest BCUT2D eigenvalue weighted by Crippen LogP contribution is -2.55. The summed E-state index contributed by atoms with van der Waals surface area (Å²) in [6.07, 6.45) is 4.20. The Labute approximate surface area is 162 Å². The normalized spacial score (nSPS) is 15.1. The second-order valence-corrected chi connectivity index (χ2v) is 6.49. The molecule has 1 aromatic carbocycles. The SMILES string of the molecule is CN=C(NCCc1ccc([N+](=O)[O-])cc1)N1CCN(c2cnn(C)c2)C(=O)C1. The fourth-order valence-electron chi connectivity index (χ4n) is 3.11. The van der Waals surface area contributed by atoms with E-state index in [0.717, 1.165) is 11.3 Å². The number of carbonyl (C=O) groups excluding carboxylic acids is 1. The minimum absolute atomic E-state index is 0.00225. The topological polar surface area (TPSA) is 109 Å². The van der Waals surface area contributed by atoms with Crippen molar-refractivity contribution in [3.05, 3.63) is 52.3 Å². The highest BCUT2D eigenvalue weighted by atomic mass is 16.6. The van der Waals surface area contributed by atoms with Gasteiger partial charge in [-0.1, -0.05) is 12.1 Å². The third-order valence-corrected chi connectivity index (χ3v) is 4.58. The average Bonchev–Trinajstić information content (AvgIpc) is 3.11. The van der Waals surface area contributed by atoms with Crippen LogP contribution in [-0.2, 0) is 18.3 Å². The summed E-state index contributed by atoms with van der Waals surface area (Å²) >= 11 is 0. The molecule has 1 fully saturated rings. The molecule has 3 rings (SSSR count). The Morgan fingerprint density at radius 2 is 2.07 bits per heavy atom. The van der Waals surface area contributed by atoms with Crippen molar-refractivity contribution in [3.63, 3.8) is 0 Å². The summed E-state index contributed by atoms with van der Waals surface area (Å²) in [6.45, 7) is 2.08. The van der Waals surface area contributed by atoms with E-state index in [1.165, 1.54) is 12.1 Å². The average molecular weight is 385 g/mol. The van der Waals surface area contributed by atoms with Crippen LogP contribution in [0.1, 0.15) is 5.56 Å². The molecule has 0 aliphatic carbocycles. The standard InChI is InChI=1S/C18H23N7O3/c1-19-18(20-8-7-14-3-5-15(6-4-14)25(27)28)23-9-10-24(17(26)13-23)16-11-21-22(2)12-16/h3-6,11-12H,7-10,13H2,1-2H3,(H,19,20). The van der Waals surface area contributed by atoms with E-state index in [2.05, 4.69) is 15.4 Å². The number of hydrogen-bond acceptors (Lipinski definition) is 5. The number of nitro benzene ring substituents is 1. The quantitative estimate of drug-likeness (QED) is 0.353. The molecule has 10 heteroatoms. The van der Waals surface area contributed by atoms with E-state index in [9.17, 15) is 14.9 Å². The Morgan fingerprint density at radius 1 is 1.32 bits per heavy atom. The second-order valence-electron chi connectivity index (χ2n) is 6.49. The summed E-state index contributed by atoms with van der Waals surface area (Å²) in [7, 11) is 3.51. The summed E-state index contributed by atoms with van der Waals surface area (Å²) in [6, 6.07) is 6.50. The lowest BCUT2D eigenvalue weighted by Gasteiger charge is -2.35. The highest BCUT2D eigenvalue weighted by Crippen LogP contribution is 2.16. The van der Waals surface area contributed by atoms with Crippen LogP contribution < -0.4 is 10.2 Å². The fraction of sp³-hybridized carbons (Fsp3) is 0.389. The zero-order valence-electron chi connectivity index (χ0n) is 15.9. The van der Waals surface area contributed by atoms with E-state index in [4.69, 9.17) is 0 Å². The van der Waals surface area contributed by atoms with Crippen LogP contribution >= 0.6 is 0 Å². The lowest BCUT2D eigenvalue weighted by molar-refractivity contribution is -0.384. The molecule has 2 aromatic rings. The van der Waals surface area contributed by atoms with Gasteiger partial charge in [0.15, 0.2) is 5.96 Å². The highest BCUT2D eigenvalue weighted by Gasteiger charge is 2.27. The van der Waals surface area contributed by atoms with Crippen molar-refractivity contribution in [2.75, 3.05) is 38.1 Å². The summed E-state index contributed by atoms with van der Waals surface area (Å²) in [5.41, 5.74) is 1.87. The Morgan fingerprint density at radius 3 is 2.64 bits per heavy atom. The van der Waals surface area contributed by atoms with Crippen LogP contribution in [0.3, 0.4) is 0 Å². The molecular weight excluding hydrogens is 362 g/mol. The first-order valence-corrected chi connectivity index (χ1v) is 8.96. The molecule has 1 aromatic heterocycles.